The molecule has 0 aromatic carbocycles. The molecule has 1 aliphatic carbocycles. The minimum absolute atomic E-state index is 0.113. The van der Waals surface area contributed by atoms with Crippen molar-refractivity contribution in [1.29, 1.82) is 0 Å². The van der Waals surface area contributed by atoms with Crippen LogP contribution < -0.4 is 10.6 Å². The van der Waals surface area contributed by atoms with Crippen LogP contribution >= 0.6 is 0 Å². The van der Waals surface area contributed by atoms with Crippen LogP contribution in [0.4, 0.5) is 4.79 Å². The summed E-state index contributed by atoms with van der Waals surface area (Å²) in [6.45, 7) is 5.37. The second-order valence-electron chi connectivity index (χ2n) is 5.04. The first-order chi connectivity index (χ1) is 8.68. The van der Waals surface area contributed by atoms with Gasteiger partial charge >= 0.3 is 6.03 Å². The molecule has 1 saturated carbocycles. The molecule has 0 aromatic heterocycles. The van der Waals surface area contributed by atoms with Crippen molar-refractivity contribution in [2.24, 2.45) is 0 Å². The van der Waals surface area contributed by atoms with E-state index in [1.807, 2.05) is 20.0 Å². The Kier molecular flexibility index (Phi) is 7.49. The molecule has 0 aliphatic heterocycles. The second kappa shape index (κ2) is 8.97. The summed E-state index contributed by atoms with van der Waals surface area (Å²) < 4.78 is 5.40. The van der Waals surface area contributed by atoms with Crippen molar-refractivity contribution in [2.75, 3.05) is 13.2 Å². The summed E-state index contributed by atoms with van der Waals surface area (Å²) in [4.78, 5) is 11.5. The van der Waals surface area contributed by atoms with Crippen LogP contribution in [0.1, 0.15) is 52.4 Å². The lowest BCUT2D eigenvalue weighted by Crippen LogP contribution is -2.33. The fourth-order valence-electron chi connectivity index (χ4n) is 1.96. The lowest BCUT2D eigenvalue weighted by atomic mass is 9.96. The summed E-state index contributed by atoms with van der Waals surface area (Å²) >= 11 is 0. The number of urea groups is 1. The summed E-state index contributed by atoms with van der Waals surface area (Å²) in [5.74, 6) is 0. The first-order valence-electron chi connectivity index (χ1n) is 7.02. The lowest BCUT2D eigenvalue weighted by molar-refractivity contribution is 0.0774. The Hall–Kier alpha value is -1.03. The van der Waals surface area contributed by atoms with E-state index >= 15 is 0 Å². The van der Waals surface area contributed by atoms with Crippen LogP contribution in [0.5, 0.6) is 0 Å². The molecule has 0 radical (unpaired) electrons. The smallest absolute Gasteiger partial charge is 0.318 e. The van der Waals surface area contributed by atoms with Crippen molar-refractivity contribution in [1.82, 2.24) is 10.6 Å². The third-order valence-corrected chi connectivity index (χ3v) is 2.96. The largest absolute Gasteiger partial charge is 0.379 e. The Morgan fingerprint density at radius 2 is 2.06 bits per heavy atom. The molecule has 1 aliphatic rings. The topological polar surface area (TPSA) is 50.4 Å². The van der Waals surface area contributed by atoms with Crippen LogP contribution in [-0.4, -0.2) is 25.3 Å². The predicted molar refractivity (Wildman–Crippen MR) is 73.4 cm³/mol. The van der Waals surface area contributed by atoms with Crippen molar-refractivity contribution in [3.63, 3.8) is 0 Å². The van der Waals surface area contributed by atoms with Crippen LogP contribution in [0.3, 0.4) is 0 Å². The molecule has 0 aromatic rings. The predicted octanol–water partition coefficient (Wildman–Crippen LogP) is 2.95. The van der Waals surface area contributed by atoms with Crippen molar-refractivity contribution < 1.29 is 9.53 Å². The standard InChI is InChI=1S/C14H26N2O2/c1-12(2)18-10-6-9-15-14(17)16-11-13-7-4-3-5-8-13/h11-12H,3-10H2,1-2H3,(H2,15,16,17). The van der Waals surface area contributed by atoms with Gasteiger partial charge in [0.1, 0.15) is 0 Å². The molecule has 2 amide bonds. The van der Waals surface area contributed by atoms with Gasteiger partial charge in [0.25, 0.3) is 0 Å². The molecule has 2 N–H and O–H groups in total. The summed E-state index contributed by atoms with van der Waals surface area (Å²) in [7, 11) is 0. The number of allylic oxidation sites excluding steroid dienone is 1. The number of amides is 2. The minimum atomic E-state index is -0.113. The van der Waals surface area contributed by atoms with E-state index in [1.165, 1.54) is 24.8 Å². The zero-order valence-corrected chi connectivity index (χ0v) is 11.6. The molecule has 4 heteroatoms. The fraction of sp³-hybridized carbons (Fsp3) is 0.786. The van der Waals surface area contributed by atoms with E-state index in [1.54, 1.807) is 0 Å². The molecule has 0 bridgehead atoms. The number of hydrogen-bond acceptors (Lipinski definition) is 2. The first kappa shape index (κ1) is 15.0. The maximum Gasteiger partial charge on any atom is 0.318 e. The average Bonchev–Trinajstić information content (AvgIpc) is 2.37. The maximum atomic E-state index is 11.5. The molecule has 1 fully saturated rings. The van der Waals surface area contributed by atoms with E-state index in [-0.39, 0.29) is 12.1 Å². The molecule has 104 valence electrons. The van der Waals surface area contributed by atoms with E-state index in [4.69, 9.17) is 4.74 Å². The number of carbonyl (C=O) groups excluding carboxylic acids is 1. The summed E-state index contributed by atoms with van der Waals surface area (Å²) in [6.07, 6.45) is 9.06. The van der Waals surface area contributed by atoms with Gasteiger partial charge < -0.3 is 15.4 Å². The van der Waals surface area contributed by atoms with E-state index in [2.05, 4.69) is 10.6 Å². The van der Waals surface area contributed by atoms with E-state index in [0.29, 0.717) is 13.2 Å². The molecule has 0 saturated heterocycles. The first-order valence-corrected chi connectivity index (χ1v) is 7.02. The Labute approximate surface area is 110 Å². The highest BCUT2D eigenvalue weighted by atomic mass is 16.5. The van der Waals surface area contributed by atoms with E-state index < -0.39 is 0 Å². The maximum absolute atomic E-state index is 11.5. The molecular formula is C14H26N2O2. The fourth-order valence-corrected chi connectivity index (χ4v) is 1.96. The highest BCUT2D eigenvalue weighted by molar-refractivity contribution is 5.74. The van der Waals surface area contributed by atoms with Crippen LogP contribution in [-0.2, 0) is 4.74 Å². The second-order valence-corrected chi connectivity index (χ2v) is 5.04. The van der Waals surface area contributed by atoms with E-state index in [0.717, 1.165) is 19.3 Å². The van der Waals surface area contributed by atoms with Crippen LogP contribution in [0.2, 0.25) is 0 Å². The number of carbonyl (C=O) groups is 1. The van der Waals surface area contributed by atoms with Gasteiger partial charge in [-0.1, -0.05) is 12.0 Å². The van der Waals surface area contributed by atoms with Gasteiger partial charge in [-0.05, 0) is 46.0 Å². The van der Waals surface area contributed by atoms with Gasteiger partial charge in [0.2, 0.25) is 0 Å². The van der Waals surface area contributed by atoms with Gasteiger partial charge in [-0.25, -0.2) is 4.79 Å². The zero-order valence-electron chi connectivity index (χ0n) is 11.6. The molecule has 0 atom stereocenters. The van der Waals surface area contributed by atoms with Gasteiger partial charge in [-0.2, -0.15) is 0 Å². The summed E-state index contributed by atoms with van der Waals surface area (Å²) in [5, 5.41) is 5.62. The Bertz CT molecular complexity index is 267. The number of nitrogens with one attached hydrogen (secondary N) is 2. The van der Waals surface area contributed by atoms with Crippen LogP contribution in [0, 0.1) is 0 Å². The Morgan fingerprint density at radius 3 is 2.72 bits per heavy atom. The molecule has 0 unspecified atom stereocenters. The summed E-state index contributed by atoms with van der Waals surface area (Å²) in [5.41, 5.74) is 1.36. The quantitative estimate of drug-likeness (QED) is 0.716. The van der Waals surface area contributed by atoms with Gasteiger partial charge in [-0.3, -0.25) is 0 Å². The third-order valence-electron chi connectivity index (χ3n) is 2.96. The number of rotatable bonds is 6. The highest BCUT2D eigenvalue weighted by Crippen LogP contribution is 2.21. The number of hydrogen-bond donors (Lipinski definition) is 2. The molecule has 4 nitrogen and oxygen atoms in total. The zero-order chi connectivity index (χ0) is 13.2. The Balaban J connectivity index is 2.03. The van der Waals surface area contributed by atoms with Crippen molar-refractivity contribution in [3.8, 4) is 0 Å². The van der Waals surface area contributed by atoms with Crippen molar-refractivity contribution >= 4 is 6.03 Å². The van der Waals surface area contributed by atoms with Gasteiger partial charge in [0, 0.05) is 19.4 Å². The normalized spacial score (nSPS) is 15.6. The van der Waals surface area contributed by atoms with Gasteiger partial charge in [0.15, 0.2) is 0 Å². The average molecular weight is 254 g/mol. The number of ether oxygens (including phenoxy) is 1. The molecule has 18 heavy (non-hydrogen) atoms. The molecule has 0 spiro atoms. The summed E-state index contributed by atoms with van der Waals surface area (Å²) in [6, 6.07) is -0.113. The van der Waals surface area contributed by atoms with Crippen molar-refractivity contribution in [3.05, 3.63) is 11.8 Å². The van der Waals surface area contributed by atoms with Gasteiger partial charge in [0.05, 0.1) is 6.10 Å². The SMILES string of the molecule is CC(C)OCCCNC(=O)NC=C1CCCCC1. The minimum Gasteiger partial charge on any atom is -0.379 e. The molecule has 1 rings (SSSR count). The Morgan fingerprint density at radius 1 is 1.33 bits per heavy atom. The van der Waals surface area contributed by atoms with Gasteiger partial charge in [-0.15, -0.1) is 0 Å². The van der Waals surface area contributed by atoms with E-state index in [9.17, 15) is 4.79 Å². The molecule has 0 heterocycles. The van der Waals surface area contributed by atoms with Crippen molar-refractivity contribution in [2.45, 2.75) is 58.5 Å². The monoisotopic (exact) mass is 254 g/mol. The lowest BCUT2D eigenvalue weighted by Gasteiger charge is -2.13. The van der Waals surface area contributed by atoms with Crippen LogP contribution in [0.15, 0.2) is 11.8 Å². The third kappa shape index (κ3) is 7.33. The highest BCUT2D eigenvalue weighted by Gasteiger charge is 2.05. The van der Waals surface area contributed by atoms with Crippen LogP contribution in [0.25, 0.3) is 0 Å². The molecular weight excluding hydrogens is 228 g/mol.